The van der Waals surface area contributed by atoms with Crippen LogP contribution in [0.3, 0.4) is 0 Å². The molecular weight excluding hydrogens is 234 g/mol. The third kappa shape index (κ3) is 2.77. The summed E-state index contributed by atoms with van der Waals surface area (Å²) in [4.78, 5) is 1.83. The first-order chi connectivity index (χ1) is 8.56. The Morgan fingerprint density at radius 2 is 1.89 bits per heavy atom. The Bertz CT molecular complexity index is 555. The number of hydrogen-bond acceptors (Lipinski definition) is 2. The molecule has 0 unspecified atom stereocenters. The number of hydrogen-bond donors (Lipinski definition) is 1. The number of anilines is 2. The van der Waals surface area contributed by atoms with Crippen LogP contribution in [0.1, 0.15) is 5.56 Å². The van der Waals surface area contributed by atoms with Gasteiger partial charge in [0.2, 0.25) is 0 Å². The number of nitrogens with zero attached hydrogens (tertiary/aromatic N) is 1. The lowest BCUT2D eigenvalue weighted by atomic mass is 10.2. The zero-order valence-electron chi connectivity index (χ0n) is 10.0. The molecule has 0 atom stereocenters. The summed E-state index contributed by atoms with van der Waals surface area (Å²) in [6.45, 7) is 0.501. The molecule has 18 heavy (non-hydrogen) atoms. The predicted molar refractivity (Wildman–Crippen MR) is 69.3 cm³/mol. The van der Waals surface area contributed by atoms with E-state index in [2.05, 4.69) is 0 Å². The Balaban J connectivity index is 2.16. The Hall–Kier alpha value is -2.10. The Morgan fingerprint density at radius 3 is 2.56 bits per heavy atom. The molecule has 2 nitrogen and oxygen atoms in total. The molecule has 0 radical (unpaired) electrons. The van der Waals surface area contributed by atoms with Crippen molar-refractivity contribution in [3.63, 3.8) is 0 Å². The Morgan fingerprint density at radius 1 is 1.11 bits per heavy atom. The lowest BCUT2D eigenvalue weighted by Gasteiger charge is -2.19. The highest BCUT2D eigenvalue weighted by atomic mass is 19.1. The van der Waals surface area contributed by atoms with Crippen LogP contribution >= 0.6 is 0 Å². The Labute approximate surface area is 105 Å². The summed E-state index contributed by atoms with van der Waals surface area (Å²) >= 11 is 0. The van der Waals surface area contributed by atoms with Crippen molar-refractivity contribution >= 4 is 11.4 Å². The molecule has 94 valence electrons. The van der Waals surface area contributed by atoms with E-state index in [1.165, 1.54) is 24.3 Å². The first kappa shape index (κ1) is 12.4. The number of rotatable bonds is 3. The van der Waals surface area contributed by atoms with Crippen molar-refractivity contribution in [3.05, 3.63) is 59.7 Å². The lowest BCUT2D eigenvalue weighted by molar-refractivity contribution is 0.624. The molecule has 0 aliphatic rings. The number of benzene rings is 2. The van der Waals surface area contributed by atoms with Crippen LogP contribution in [0.2, 0.25) is 0 Å². The Kier molecular flexibility index (Phi) is 3.46. The van der Waals surface area contributed by atoms with Gasteiger partial charge in [-0.25, -0.2) is 8.78 Å². The maximum absolute atomic E-state index is 13.3. The molecule has 2 aromatic rings. The van der Waals surface area contributed by atoms with E-state index in [0.717, 1.165) is 5.56 Å². The second-order valence-corrected chi connectivity index (χ2v) is 4.19. The van der Waals surface area contributed by atoms with Gasteiger partial charge in [0.25, 0.3) is 0 Å². The summed E-state index contributed by atoms with van der Waals surface area (Å²) in [5.41, 5.74) is 7.07. The van der Waals surface area contributed by atoms with Crippen molar-refractivity contribution in [3.8, 4) is 0 Å². The minimum Gasteiger partial charge on any atom is -0.396 e. The van der Waals surface area contributed by atoms with Crippen molar-refractivity contribution in [2.24, 2.45) is 0 Å². The van der Waals surface area contributed by atoms with Crippen molar-refractivity contribution in [1.29, 1.82) is 0 Å². The van der Waals surface area contributed by atoms with Gasteiger partial charge in [0.05, 0.1) is 5.69 Å². The van der Waals surface area contributed by atoms with Crippen molar-refractivity contribution in [1.82, 2.24) is 0 Å². The first-order valence-corrected chi connectivity index (χ1v) is 5.57. The fourth-order valence-corrected chi connectivity index (χ4v) is 1.75. The van der Waals surface area contributed by atoms with Crippen LogP contribution in [0.25, 0.3) is 0 Å². The van der Waals surface area contributed by atoms with E-state index in [-0.39, 0.29) is 11.5 Å². The second-order valence-electron chi connectivity index (χ2n) is 4.19. The highest BCUT2D eigenvalue weighted by molar-refractivity contribution is 5.54. The predicted octanol–water partition coefficient (Wildman–Crippen LogP) is 3.18. The SMILES string of the molecule is CN(Cc1cccc(F)c1)c1ccc(N)c(F)c1. The average Bonchev–Trinajstić information content (AvgIpc) is 2.32. The molecule has 0 amide bonds. The average molecular weight is 248 g/mol. The van der Waals surface area contributed by atoms with Gasteiger partial charge in [0, 0.05) is 19.3 Å². The third-order valence-electron chi connectivity index (χ3n) is 2.73. The number of nitrogen functional groups attached to an aromatic ring is 1. The van der Waals surface area contributed by atoms with Crippen LogP contribution in [0.4, 0.5) is 20.2 Å². The zero-order valence-corrected chi connectivity index (χ0v) is 10.0. The molecule has 0 heterocycles. The normalized spacial score (nSPS) is 10.4. The summed E-state index contributed by atoms with van der Waals surface area (Å²) < 4.78 is 26.4. The fourth-order valence-electron chi connectivity index (χ4n) is 1.75. The third-order valence-corrected chi connectivity index (χ3v) is 2.73. The maximum Gasteiger partial charge on any atom is 0.148 e. The molecule has 2 rings (SSSR count). The first-order valence-electron chi connectivity index (χ1n) is 5.57. The van der Waals surface area contributed by atoms with Gasteiger partial charge in [-0.1, -0.05) is 12.1 Å². The minimum absolute atomic E-state index is 0.123. The van der Waals surface area contributed by atoms with Crippen molar-refractivity contribution < 1.29 is 8.78 Å². The van der Waals surface area contributed by atoms with Gasteiger partial charge in [0.1, 0.15) is 11.6 Å². The molecule has 2 N–H and O–H groups in total. The summed E-state index contributed by atoms with van der Waals surface area (Å²) in [6, 6.07) is 11.0. The standard InChI is InChI=1S/C14H14F2N2/c1-18(9-10-3-2-4-11(15)7-10)12-5-6-14(17)13(16)8-12/h2-8H,9,17H2,1H3. The van der Waals surface area contributed by atoms with Gasteiger partial charge in [-0.3, -0.25) is 0 Å². The van der Waals surface area contributed by atoms with Gasteiger partial charge >= 0.3 is 0 Å². The molecule has 0 aliphatic carbocycles. The smallest absolute Gasteiger partial charge is 0.148 e. The zero-order chi connectivity index (χ0) is 13.1. The van der Waals surface area contributed by atoms with Crippen LogP contribution in [0, 0.1) is 11.6 Å². The molecule has 2 aromatic carbocycles. The monoisotopic (exact) mass is 248 g/mol. The van der Waals surface area contributed by atoms with Gasteiger partial charge in [0.15, 0.2) is 0 Å². The van der Waals surface area contributed by atoms with Gasteiger partial charge < -0.3 is 10.6 Å². The maximum atomic E-state index is 13.3. The van der Waals surface area contributed by atoms with Crippen LogP contribution in [0.5, 0.6) is 0 Å². The highest BCUT2D eigenvalue weighted by Crippen LogP contribution is 2.20. The molecule has 0 aliphatic heterocycles. The second kappa shape index (κ2) is 5.04. The highest BCUT2D eigenvalue weighted by Gasteiger charge is 2.06. The van der Waals surface area contributed by atoms with E-state index < -0.39 is 5.82 Å². The lowest BCUT2D eigenvalue weighted by Crippen LogP contribution is -2.16. The molecule has 0 aromatic heterocycles. The molecular formula is C14H14F2N2. The van der Waals surface area contributed by atoms with Crippen LogP contribution in [0.15, 0.2) is 42.5 Å². The van der Waals surface area contributed by atoms with Crippen molar-refractivity contribution in [2.45, 2.75) is 6.54 Å². The topological polar surface area (TPSA) is 29.3 Å². The molecule has 0 spiro atoms. The van der Waals surface area contributed by atoms with E-state index >= 15 is 0 Å². The quantitative estimate of drug-likeness (QED) is 0.845. The molecule has 4 heteroatoms. The summed E-state index contributed by atoms with van der Waals surface area (Å²) in [5.74, 6) is -0.719. The largest absolute Gasteiger partial charge is 0.396 e. The van der Waals surface area contributed by atoms with E-state index in [9.17, 15) is 8.78 Å². The summed E-state index contributed by atoms with van der Waals surface area (Å²) in [7, 11) is 1.82. The van der Waals surface area contributed by atoms with Gasteiger partial charge in [-0.15, -0.1) is 0 Å². The van der Waals surface area contributed by atoms with E-state index in [1.54, 1.807) is 12.1 Å². The molecule has 0 fully saturated rings. The van der Waals surface area contributed by atoms with E-state index in [0.29, 0.717) is 12.2 Å². The van der Waals surface area contributed by atoms with E-state index in [1.807, 2.05) is 18.0 Å². The molecule has 0 bridgehead atoms. The summed E-state index contributed by atoms with van der Waals surface area (Å²) in [6.07, 6.45) is 0. The van der Waals surface area contributed by atoms with E-state index in [4.69, 9.17) is 5.73 Å². The number of halogens is 2. The van der Waals surface area contributed by atoms with Crippen LogP contribution in [-0.4, -0.2) is 7.05 Å². The van der Waals surface area contributed by atoms with Crippen LogP contribution in [-0.2, 0) is 6.54 Å². The summed E-state index contributed by atoms with van der Waals surface area (Å²) in [5, 5.41) is 0. The van der Waals surface area contributed by atoms with Crippen molar-refractivity contribution in [2.75, 3.05) is 17.7 Å². The minimum atomic E-state index is -0.446. The van der Waals surface area contributed by atoms with Crippen LogP contribution < -0.4 is 10.6 Å². The fraction of sp³-hybridized carbons (Fsp3) is 0.143. The van der Waals surface area contributed by atoms with Gasteiger partial charge in [-0.2, -0.15) is 0 Å². The van der Waals surface area contributed by atoms with Gasteiger partial charge in [-0.05, 0) is 35.9 Å². The molecule has 0 saturated heterocycles. The number of nitrogens with two attached hydrogens (primary N) is 1. The molecule has 0 saturated carbocycles.